The predicted octanol–water partition coefficient (Wildman–Crippen LogP) is -0.325. The maximum absolute atomic E-state index is 12.1. The van der Waals surface area contributed by atoms with Gasteiger partial charge in [0.25, 0.3) is 5.91 Å². The Kier molecular flexibility index (Phi) is 7.25. The van der Waals surface area contributed by atoms with E-state index in [0.29, 0.717) is 24.5 Å². The fraction of sp³-hybridized carbons (Fsp3) is 0.467. The zero-order chi connectivity index (χ0) is 15.7. The van der Waals surface area contributed by atoms with E-state index >= 15 is 0 Å². The van der Waals surface area contributed by atoms with Crippen LogP contribution in [0.4, 0.5) is 5.69 Å². The number of hydrogen-bond acceptors (Lipinski definition) is 3. The van der Waals surface area contributed by atoms with Crippen molar-refractivity contribution in [2.45, 2.75) is 13.8 Å². The van der Waals surface area contributed by atoms with Gasteiger partial charge in [0.1, 0.15) is 5.75 Å². The molecular formula is C15H24N3O3+. The molecule has 0 radical (unpaired) electrons. The van der Waals surface area contributed by atoms with Crippen molar-refractivity contribution in [1.29, 1.82) is 0 Å². The van der Waals surface area contributed by atoms with Crippen molar-refractivity contribution in [2.24, 2.45) is 0 Å². The van der Waals surface area contributed by atoms with E-state index in [2.05, 4.69) is 10.6 Å². The Morgan fingerprint density at radius 3 is 2.62 bits per heavy atom. The summed E-state index contributed by atoms with van der Waals surface area (Å²) in [5.41, 5.74) is 0.669. The van der Waals surface area contributed by atoms with E-state index in [1.807, 2.05) is 19.1 Å². The van der Waals surface area contributed by atoms with Gasteiger partial charge in [0.15, 0.2) is 6.54 Å². The average Bonchev–Trinajstić information content (AvgIpc) is 2.46. The lowest BCUT2D eigenvalue weighted by Gasteiger charge is -2.17. The van der Waals surface area contributed by atoms with Gasteiger partial charge in [0, 0.05) is 6.92 Å². The number of para-hydroxylation sites is 2. The normalized spacial score (nSPS) is 11.6. The SMILES string of the molecule is CC[NH+](CCNC(C)=O)CC(=O)Nc1ccccc1OC. The van der Waals surface area contributed by atoms with E-state index < -0.39 is 0 Å². The number of anilines is 1. The van der Waals surface area contributed by atoms with Crippen LogP contribution in [0.3, 0.4) is 0 Å². The zero-order valence-corrected chi connectivity index (χ0v) is 12.9. The molecule has 1 unspecified atom stereocenters. The van der Waals surface area contributed by atoms with Crippen LogP contribution >= 0.6 is 0 Å². The molecule has 1 aromatic carbocycles. The molecule has 21 heavy (non-hydrogen) atoms. The molecule has 1 atom stereocenters. The van der Waals surface area contributed by atoms with Crippen molar-refractivity contribution in [1.82, 2.24) is 5.32 Å². The second-order valence-corrected chi connectivity index (χ2v) is 4.76. The summed E-state index contributed by atoms with van der Waals surface area (Å²) in [7, 11) is 1.57. The molecule has 0 fully saturated rings. The van der Waals surface area contributed by atoms with Gasteiger partial charge in [-0.15, -0.1) is 0 Å². The predicted molar refractivity (Wildman–Crippen MR) is 81.5 cm³/mol. The molecule has 0 bridgehead atoms. The molecule has 0 aromatic heterocycles. The molecule has 0 saturated carbocycles. The highest BCUT2D eigenvalue weighted by Gasteiger charge is 2.14. The van der Waals surface area contributed by atoms with Crippen LogP contribution in [-0.4, -0.2) is 45.1 Å². The molecule has 0 aliphatic heterocycles. The first-order valence-corrected chi connectivity index (χ1v) is 7.07. The molecule has 0 aliphatic carbocycles. The summed E-state index contributed by atoms with van der Waals surface area (Å²) in [6.07, 6.45) is 0. The van der Waals surface area contributed by atoms with Gasteiger partial charge in [-0.1, -0.05) is 12.1 Å². The number of methoxy groups -OCH3 is 1. The average molecular weight is 294 g/mol. The molecule has 0 saturated heterocycles. The van der Waals surface area contributed by atoms with Gasteiger partial charge in [-0.05, 0) is 19.1 Å². The molecule has 0 aliphatic rings. The van der Waals surface area contributed by atoms with E-state index in [1.54, 1.807) is 19.2 Å². The zero-order valence-electron chi connectivity index (χ0n) is 12.9. The number of hydrogen-bond donors (Lipinski definition) is 3. The fourth-order valence-electron chi connectivity index (χ4n) is 1.97. The van der Waals surface area contributed by atoms with E-state index in [9.17, 15) is 9.59 Å². The van der Waals surface area contributed by atoms with Crippen LogP contribution in [0.1, 0.15) is 13.8 Å². The molecule has 116 valence electrons. The third-order valence-electron chi connectivity index (χ3n) is 3.14. The number of rotatable bonds is 8. The summed E-state index contributed by atoms with van der Waals surface area (Å²) >= 11 is 0. The number of carbonyl (C=O) groups excluding carboxylic acids is 2. The van der Waals surface area contributed by atoms with Crippen molar-refractivity contribution in [3.05, 3.63) is 24.3 Å². The molecule has 6 heteroatoms. The fourth-order valence-corrected chi connectivity index (χ4v) is 1.97. The third kappa shape index (κ3) is 6.27. The summed E-state index contributed by atoms with van der Waals surface area (Å²) in [5, 5.41) is 5.59. The molecular weight excluding hydrogens is 270 g/mol. The topological polar surface area (TPSA) is 71.9 Å². The quantitative estimate of drug-likeness (QED) is 0.615. The van der Waals surface area contributed by atoms with E-state index in [1.165, 1.54) is 6.92 Å². The van der Waals surface area contributed by atoms with Crippen molar-refractivity contribution in [3.8, 4) is 5.75 Å². The molecule has 0 spiro atoms. The highest BCUT2D eigenvalue weighted by molar-refractivity contribution is 5.92. The van der Waals surface area contributed by atoms with Crippen LogP contribution in [0.25, 0.3) is 0 Å². The second kappa shape index (κ2) is 8.97. The Morgan fingerprint density at radius 1 is 1.29 bits per heavy atom. The first kappa shape index (κ1) is 17.0. The van der Waals surface area contributed by atoms with Gasteiger partial charge < -0.3 is 20.3 Å². The highest BCUT2D eigenvalue weighted by atomic mass is 16.5. The molecule has 1 rings (SSSR count). The summed E-state index contributed by atoms with van der Waals surface area (Å²) in [4.78, 5) is 24.0. The smallest absolute Gasteiger partial charge is 0.279 e. The molecule has 0 heterocycles. The number of benzene rings is 1. The minimum absolute atomic E-state index is 0.0519. The third-order valence-corrected chi connectivity index (χ3v) is 3.14. The number of carbonyl (C=O) groups is 2. The monoisotopic (exact) mass is 294 g/mol. The molecule has 2 amide bonds. The minimum atomic E-state index is -0.0702. The van der Waals surface area contributed by atoms with Gasteiger partial charge in [0.2, 0.25) is 5.91 Å². The second-order valence-electron chi connectivity index (χ2n) is 4.76. The summed E-state index contributed by atoms with van der Waals surface area (Å²) < 4.78 is 5.20. The molecule has 1 aromatic rings. The van der Waals surface area contributed by atoms with Crippen molar-refractivity contribution in [3.63, 3.8) is 0 Å². The van der Waals surface area contributed by atoms with Gasteiger partial charge in [-0.3, -0.25) is 9.59 Å². The summed E-state index contributed by atoms with van der Waals surface area (Å²) in [6, 6.07) is 7.31. The number of nitrogens with one attached hydrogen (secondary N) is 3. The van der Waals surface area contributed by atoms with Crippen LogP contribution in [0.5, 0.6) is 5.75 Å². The highest BCUT2D eigenvalue weighted by Crippen LogP contribution is 2.22. The van der Waals surface area contributed by atoms with E-state index in [-0.39, 0.29) is 11.8 Å². The van der Waals surface area contributed by atoms with Crippen molar-refractivity contribution >= 4 is 17.5 Å². The van der Waals surface area contributed by atoms with Gasteiger partial charge in [-0.25, -0.2) is 0 Å². The first-order valence-electron chi connectivity index (χ1n) is 7.07. The van der Waals surface area contributed by atoms with Gasteiger partial charge in [-0.2, -0.15) is 0 Å². The Morgan fingerprint density at radius 2 is 2.00 bits per heavy atom. The maximum Gasteiger partial charge on any atom is 0.279 e. The van der Waals surface area contributed by atoms with Gasteiger partial charge >= 0.3 is 0 Å². The van der Waals surface area contributed by atoms with E-state index in [0.717, 1.165) is 18.0 Å². The minimum Gasteiger partial charge on any atom is -0.495 e. The Balaban J connectivity index is 2.48. The number of quaternary nitrogens is 1. The standard InChI is InChI=1S/C15H23N3O3/c1-4-18(10-9-16-12(2)19)11-15(20)17-13-7-5-6-8-14(13)21-3/h5-8H,4,9-11H2,1-3H3,(H,16,19)(H,17,20)/p+1. The van der Waals surface area contributed by atoms with Crippen LogP contribution in [0.2, 0.25) is 0 Å². The van der Waals surface area contributed by atoms with Crippen LogP contribution in [0.15, 0.2) is 24.3 Å². The largest absolute Gasteiger partial charge is 0.495 e. The van der Waals surface area contributed by atoms with E-state index in [4.69, 9.17) is 4.74 Å². The Bertz CT molecular complexity index is 477. The van der Waals surface area contributed by atoms with Crippen LogP contribution < -0.4 is 20.3 Å². The molecule has 3 N–H and O–H groups in total. The first-order chi connectivity index (χ1) is 10.1. The summed E-state index contributed by atoms with van der Waals surface area (Å²) in [6.45, 7) is 5.96. The number of ether oxygens (including phenoxy) is 1. The van der Waals surface area contributed by atoms with Crippen LogP contribution in [0, 0.1) is 0 Å². The Labute approximate surface area is 125 Å². The van der Waals surface area contributed by atoms with Crippen molar-refractivity contribution in [2.75, 3.05) is 38.6 Å². The lowest BCUT2D eigenvalue weighted by atomic mass is 10.3. The van der Waals surface area contributed by atoms with Crippen molar-refractivity contribution < 1.29 is 19.2 Å². The maximum atomic E-state index is 12.1. The number of likely N-dealkylation sites (N-methyl/N-ethyl adjacent to an activating group) is 1. The van der Waals surface area contributed by atoms with Crippen LogP contribution in [-0.2, 0) is 9.59 Å². The lowest BCUT2D eigenvalue weighted by Crippen LogP contribution is -3.13. The van der Waals surface area contributed by atoms with Gasteiger partial charge in [0.05, 0.1) is 32.4 Å². The number of amides is 2. The lowest BCUT2D eigenvalue weighted by molar-refractivity contribution is -0.888. The molecule has 6 nitrogen and oxygen atoms in total. The summed E-state index contributed by atoms with van der Waals surface area (Å²) in [5.74, 6) is 0.519. The Hall–Kier alpha value is -2.08.